The zero-order chi connectivity index (χ0) is 45.7. The standard InChI is InChI=1S/C28H43NO2.C20H35NO2.C8H8O/c1-19-6-5-7-21(14-19)16-29-17-24-25-9-8-20(2)27(25,3)13-11-26(24)28(4)12-10-23(31)15-22(28)18-30;1-13-4-5-17-16(11-21)18(7-9-19(13,17)2)20(3)8-6-15(23)10-14(20)12-22;1-7-3-2-4-8(5-7)6-9/h5-7,14,22-26,29-31H,2,8-13,15-18H2,1,3-4H3;14-18,22-23H,1,4-12,21H2,2-3H3;2-6H,1H3/t22-,23+,24+,25+,26+,27-,28+;14-,15+,16+,17+,18+,19-,20+;/m11./s1. The molecule has 0 bridgehead atoms. The van der Waals surface area contributed by atoms with Gasteiger partial charge in [-0.05, 0) is 197 Å². The molecular weight excluding hydrogens is 781 g/mol. The Kier molecular flexibility index (Phi) is 16.5. The summed E-state index contributed by atoms with van der Waals surface area (Å²) in [6.45, 7) is 25.7. The summed E-state index contributed by atoms with van der Waals surface area (Å²) in [5.41, 5.74) is 14.5. The Morgan fingerprint density at radius 2 is 1.17 bits per heavy atom. The van der Waals surface area contributed by atoms with E-state index in [0.717, 1.165) is 82.0 Å². The lowest BCUT2D eigenvalue weighted by atomic mass is 9.49. The van der Waals surface area contributed by atoms with Crippen molar-refractivity contribution in [3.05, 3.63) is 95.1 Å². The van der Waals surface area contributed by atoms with Crippen molar-refractivity contribution < 1.29 is 25.2 Å². The highest BCUT2D eigenvalue weighted by atomic mass is 16.3. The van der Waals surface area contributed by atoms with E-state index in [0.29, 0.717) is 35.5 Å². The van der Waals surface area contributed by atoms with Crippen LogP contribution < -0.4 is 11.1 Å². The Labute approximate surface area is 381 Å². The van der Waals surface area contributed by atoms with Crippen molar-refractivity contribution in [2.45, 2.75) is 150 Å². The maximum atomic E-state index is 10.3. The number of carbonyl (C=O) groups excluding carboxylic acids is 1. The van der Waals surface area contributed by atoms with Crippen LogP contribution in [0.2, 0.25) is 0 Å². The number of nitrogens with two attached hydrogens (primary N) is 1. The van der Waals surface area contributed by atoms with E-state index in [1.165, 1.54) is 67.2 Å². The molecule has 8 rings (SSSR count). The first-order valence-electron chi connectivity index (χ1n) is 24.9. The van der Waals surface area contributed by atoms with Gasteiger partial charge in [0.1, 0.15) is 6.29 Å². The van der Waals surface area contributed by atoms with Crippen molar-refractivity contribution in [3.8, 4) is 0 Å². The lowest BCUT2D eigenvalue weighted by molar-refractivity contribution is -0.0933. The second-order valence-electron chi connectivity index (χ2n) is 22.5. The van der Waals surface area contributed by atoms with E-state index in [-0.39, 0.29) is 58.9 Å². The fourth-order valence-electron chi connectivity index (χ4n) is 14.9. The molecule has 2 aromatic carbocycles. The van der Waals surface area contributed by atoms with Gasteiger partial charge in [-0.2, -0.15) is 0 Å². The Morgan fingerprint density at radius 1 is 0.683 bits per heavy atom. The average Bonchev–Trinajstić information content (AvgIpc) is 3.75. The zero-order valence-corrected chi connectivity index (χ0v) is 40.1. The number of hydrogen-bond donors (Lipinski definition) is 6. The third kappa shape index (κ3) is 10.3. The Hall–Kier alpha value is -2.65. The van der Waals surface area contributed by atoms with Gasteiger partial charge < -0.3 is 31.5 Å². The first kappa shape index (κ1) is 49.8. The predicted molar refractivity (Wildman–Crippen MR) is 258 cm³/mol. The molecule has 0 amide bonds. The summed E-state index contributed by atoms with van der Waals surface area (Å²) >= 11 is 0. The molecule has 7 heteroatoms. The van der Waals surface area contributed by atoms with E-state index < -0.39 is 0 Å². The van der Waals surface area contributed by atoms with Gasteiger partial charge in [0.2, 0.25) is 0 Å². The normalized spacial score (nSPS) is 39.9. The fourth-order valence-corrected chi connectivity index (χ4v) is 14.9. The lowest BCUT2D eigenvalue weighted by Crippen LogP contribution is -2.53. The van der Waals surface area contributed by atoms with Crippen molar-refractivity contribution >= 4 is 6.29 Å². The second-order valence-corrected chi connectivity index (χ2v) is 22.5. The number of rotatable bonds is 10. The number of aldehydes is 1. The summed E-state index contributed by atoms with van der Waals surface area (Å²) < 4.78 is 0. The lowest BCUT2D eigenvalue weighted by Gasteiger charge is -2.56. The van der Waals surface area contributed by atoms with Gasteiger partial charge in [-0.25, -0.2) is 0 Å². The average molecular weight is 867 g/mol. The second kappa shape index (κ2) is 20.9. The molecule has 7 nitrogen and oxygen atoms in total. The number of hydrogen-bond acceptors (Lipinski definition) is 7. The fraction of sp³-hybridized carbons (Fsp3) is 0.696. The Balaban J connectivity index is 0.000000180. The van der Waals surface area contributed by atoms with Gasteiger partial charge in [-0.15, -0.1) is 0 Å². The van der Waals surface area contributed by atoms with Gasteiger partial charge in [0.25, 0.3) is 0 Å². The summed E-state index contributed by atoms with van der Waals surface area (Å²) in [5.74, 6) is 4.02. The highest BCUT2D eigenvalue weighted by Gasteiger charge is 2.58. The van der Waals surface area contributed by atoms with Crippen LogP contribution in [0.1, 0.15) is 145 Å². The van der Waals surface area contributed by atoms with Gasteiger partial charge in [0.15, 0.2) is 0 Å². The molecule has 14 atom stereocenters. The molecule has 0 radical (unpaired) electrons. The molecule has 0 aliphatic heterocycles. The smallest absolute Gasteiger partial charge is 0.150 e. The summed E-state index contributed by atoms with van der Waals surface area (Å²) in [7, 11) is 0. The van der Waals surface area contributed by atoms with Gasteiger partial charge in [0, 0.05) is 25.3 Å². The first-order valence-corrected chi connectivity index (χ1v) is 24.9. The molecule has 63 heavy (non-hydrogen) atoms. The zero-order valence-electron chi connectivity index (χ0n) is 40.1. The molecule has 2 aromatic rings. The van der Waals surface area contributed by atoms with Crippen LogP contribution in [0.4, 0.5) is 0 Å². The molecule has 0 heterocycles. The molecule has 6 fully saturated rings. The van der Waals surface area contributed by atoms with Crippen molar-refractivity contribution in [1.29, 1.82) is 0 Å². The van der Waals surface area contributed by atoms with E-state index in [9.17, 15) is 25.2 Å². The van der Waals surface area contributed by atoms with Crippen molar-refractivity contribution in [3.63, 3.8) is 0 Å². The number of carbonyl (C=O) groups is 1. The van der Waals surface area contributed by atoms with Gasteiger partial charge >= 0.3 is 0 Å². The van der Waals surface area contributed by atoms with E-state index in [1.54, 1.807) is 6.07 Å². The maximum Gasteiger partial charge on any atom is 0.150 e. The van der Waals surface area contributed by atoms with Crippen LogP contribution in [0, 0.1) is 82.9 Å². The summed E-state index contributed by atoms with van der Waals surface area (Å²) in [5, 5.41) is 44.4. The number of aliphatic hydroxyl groups excluding tert-OH is 4. The number of benzene rings is 2. The van der Waals surface area contributed by atoms with E-state index >= 15 is 0 Å². The van der Waals surface area contributed by atoms with Crippen LogP contribution in [0.3, 0.4) is 0 Å². The molecule has 6 aliphatic rings. The number of aliphatic hydroxyl groups is 4. The highest BCUT2D eigenvalue weighted by Crippen LogP contribution is 2.65. The topological polar surface area (TPSA) is 136 Å². The van der Waals surface area contributed by atoms with E-state index in [4.69, 9.17) is 5.73 Å². The summed E-state index contributed by atoms with van der Waals surface area (Å²) in [4.78, 5) is 10.2. The van der Waals surface area contributed by atoms with Gasteiger partial charge in [0.05, 0.1) is 12.2 Å². The quantitative estimate of drug-likeness (QED) is 0.103. The molecule has 6 aliphatic carbocycles. The maximum absolute atomic E-state index is 10.3. The van der Waals surface area contributed by atoms with Gasteiger partial charge in [-0.1, -0.05) is 106 Å². The molecule has 350 valence electrons. The van der Waals surface area contributed by atoms with E-state index in [2.05, 4.69) is 77.4 Å². The molecular formula is C56H86N2O5. The largest absolute Gasteiger partial charge is 0.396 e. The third-order valence-corrected chi connectivity index (χ3v) is 19.2. The summed E-state index contributed by atoms with van der Waals surface area (Å²) in [6.07, 6.45) is 15.3. The van der Waals surface area contributed by atoms with Crippen LogP contribution in [-0.2, 0) is 6.54 Å². The minimum atomic E-state index is -0.247. The molecule has 0 aromatic heterocycles. The molecule has 0 spiro atoms. The SMILES string of the molecule is C=C1CC[C@H]2[C@H](CN)[C@@H]([C@@]3(C)CC[C@H](O)C[C@@H]3CO)CC[C@]12C.C=C1CC[C@H]2[C@H](CNCc3cccc(C)c3)[C@@H]([C@@]3(C)CC[C@H](O)C[C@@H]3CO)CC[C@]12C.Cc1cccc(C=O)c1. The molecule has 7 N–H and O–H groups in total. The molecule has 0 unspecified atom stereocenters. The Morgan fingerprint density at radius 3 is 1.63 bits per heavy atom. The van der Waals surface area contributed by atoms with Crippen molar-refractivity contribution in [2.75, 3.05) is 26.3 Å². The summed E-state index contributed by atoms with van der Waals surface area (Å²) in [6, 6.07) is 16.3. The number of aryl methyl sites for hydroxylation is 2. The third-order valence-electron chi connectivity index (χ3n) is 19.2. The monoisotopic (exact) mass is 867 g/mol. The highest BCUT2D eigenvalue weighted by molar-refractivity contribution is 5.74. The van der Waals surface area contributed by atoms with Crippen molar-refractivity contribution in [2.24, 2.45) is 74.7 Å². The number of allylic oxidation sites excluding steroid dienone is 2. The minimum absolute atomic E-state index is 0.106. The van der Waals surface area contributed by atoms with Gasteiger partial charge in [-0.3, -0.25) is 4.79 Å². The van der Waals surface area contributed by atoms with Crippen LogP contribution >= 0.6 is 0 Å². The van der Waals surface area contributed by atoms with Crippen LogP contribution in [0.15, 0.2) is 72.8 Å². The van der Waals surface area contributed by atoms with Crippen LogP contribution in [0.25, 0.3) is 0 Å². The first-order chi connectivity index (χ1) is 30.0. The number of fused-ring (bicyclic) bond motifs is 2. The van der Waals surface area contributed by atoms with Crippen LogP contribution in [0.5, 0.6) is 0 Å². The molecule has 6 saturated carbocycles. The predicted octanol–water partition coefficient (Wildman–Crippen LogP) is 10.2. The minimum Gasteiger partial charge on any atom is -0.396 e. The van der Waals surface area contributed by atoms with Crippen molar-refractivity contribution in [1.82, 2.24) is 5.32 Å². The Bertz CT molecular complexity index is 1860. The molecule has 0 saturated heterocycles. The van der Waals surface area contributed by atoms with E-state index in [1.807, 2.05) is 25.1 Å². The van der Waals surface area contributed by atoms with Crippen LogP contribution in [-0.4, -0.2) is 65.2 Å². The number of nitrogens with one attached hydrogen (secondary N) is 1.